The predicted molar refractivity (Wildman–Crippen MR) is 68.3 cm³/mol. The van der Waals surface area contributed by atoms with E-state index in [9.17, 15) is 13.6 Å². The maximum Gasteiger partial charge on any atom is 0.254 e. The highest BCUT2D eigenvalue weighted by Crippen LogP contribution is 2.17. The number of hydrogen-bond acceptors (Lipinski definition) is 1. The number of rotatable bonds is 5. The predicted octanol–water partition coefficient (Wildman–Crippen LogP) is 3.32. The quantitative estimate of drug-likeness (QED) is 0.830. The zero-order valence-corrected chi connectivity index (χ0v) is 11.3. The number of amides is 1. The molecule has 0 radical (unpaired) electrons. The van der Waals surface area contributed by atoms with Gasteiger partial charge in [0.25, 0.3) is 5.91 Å². The average molecular weight is 296 g/mol. The van der Waals surface area contributed by atoms with Crippen LogP contribution < -0.4 is 5.32 Å². The maximum absolute atomic E-state index is 13.4. The van der Waals surface area contributed by atoms with E-state index in [1.165, 1.54) is 0 Å². The van der Waals surface area contributed by atoms with Crippen molar-refractivity contribution in [1.29, 1.82) is 0 Å². The standard InChI is InChI=1S/C12H13Cl2F2NO/c1-2-12(6-13,7-14)17-11(18)9-4-3-8(15)5-10(9)16/h3-5H,2,6-7H2,1H3,(H,17,18). The number of benzene rings is 1. The number of hydrogen-bond donors (Lipinski definition) is 1. The van der Waals surface area contributed by atoms with Crippen LogP contribution in [0.15, 0.2) is 18.2 Å². The second kappa shape index (κ2) is 6.34. The SMILES string of the molecule is CCC(CCl)(CCl)NC(=O)c1ccc(F)cc1F. The fourth-order valence-electron chi connectivity index (χ4n) is 1.36. The summed E-state index contributed by atoms with van der Waals surface area (Å²) < 4.78 is 26.2. The first-order chi connectivity index (χ1) is 8.48. The van der Waals surface area contributed by atoms with Gasteiger partial charge < -0.3 is 5.32 Å². The molecule has 1 N–H and O–H groups in total. The summed E-state index contributed by atoms with van der Waals surface area (Å²) >= 11 is 11.5. The van der Waals surface area contributed by atoms with Crippen molar-refractivity contribution >= 4 is 29.1 Å². The summed E-state index contributed by atoms with van der Waals surface area (Å²) in [5.41, 5.74) is -1.02. The Balaban J connectivity index is 2.94. The zero-order valence-electron chi connectivity index (χ0n) is 9.77. The molecule has 2 nitrogen and oxygen atoms in total. The molecule has 0 saturated heterocycles. The second-order valence-corrected chi connectivity index (χ2v) is 4.51. The molecule has 0 aliphatic carbocycles. The van der Waals surface area contributed by atoms with Gasteiger partial charge in [0.1, 0.15) is 11.6 Å². The normalized spacial score (nSPS) is 11.4. The van der Waals surface area contributed by atoms with Crippen molar-refractivity contribution in [3.63, 3.8) is 0 Å². The molecule has 0 unspecified atom stereocenters. The summed E-state index contributed by atoms with van der Waals surface area (Å²) in [6.07, 6.45) is 0.508. The van der Waals surface area contributed by atoms with Gasteiger partial charge in [-0.05, 0) is 18.6 Å². The molecule has 0 saturated carbocycles. The van der Waals surface area contributed by atoms with Crippen molar-refractivity contribution in [2.45, 2.75) is 18.9 Å². The Labute approximate surface area is 114 Å². The summed E-state index contributed by atoms with van der Waals surface area (Å²) in [6, 6.07) is 2.76. The fraction of sp³-hybridized carbons (Fsp3) is 0.417. The Hall–Kier alpha value is -0.870. The lowest BCUT2D eigenvalue weighted by molar-refractivity contribution is 0.0909. The molecule has 0 atom stereocenters. The van der Waals surface area contributed by atoms with Gasteiger partial charge in [0.2, 0.25) is 0 Å². The molecule has 6 heteroatoms. The minimum absolute atomic E-state index is 0.113. The average Bonchev–Trinajstić information content (AvgIpc) is 2.36. The molecule has 1 aromatic rings. The minimum atomic E-state index is -0.915. The monoisotopic (exact) mass is 295 g/mol. The molecule has 0 aromatic heterocycles. The van der Waals surface area contributed by atoms with Gasteiger partial charge >= 0.3 is 0 Å². The molecular weight excluding hydrogens is 283 g/mol. The lowest BCUT2D eigenvalue weighted by Gasteiger charge is -2.29. The van der Waals surface area contributed by atoms with Crippen molar-refractivity contribution in [2.75, 3.05) is 11.8 Å². The molecular formula is C12H13Cl2F2NO. The number of nitrogens with one attached hydrogen (secondary N) is 1. The highest BCUT2D eigenvalue weighted by molar-refractivity contribution is 6.22. The fourth-order valence-corrected chi connectivity index (χ4v) is 2.16. The van der Waals surface area contributed by atoms with Crippen LogP contribution in [0.3, 0.4) is 0 Å². The molecule has 1 aromatic carbocycles. The highest BCUT2D eigenvalue weighted by Gasteiger charge is 2.29. The topological polar surface area (TPSA) is 29.1 Å². The van der Waals surface area contributed by atoms with Gasteiger partial charge in [-0.3, -0.25) is 4.79 Å². The smallest absolute Gasteiger partial charge is 0.254 e. The third-order valence-electron chi connectivity index (χ3n) is 2.74. The van der Waals surface area contributed by atoms with Crippen LogP contribution in [0, 0.1) is 11.6 Å². The van der Waals surface area contributed by atoms with Crippen LogP contribution in [0.4, 0.5) is 8.78 Å². The van der Waals surface area contributed by atoms with E-state index in [4.69, 9.17) is 23.2 Å². The van der Waals surface area contributed by atoms with Crippen molar-refractivity contribution in [2.24, 2.45) is 0 Å². The molecule has 0 fully saturated rings. The molecule has 0 heterocycles. The largest absolute Gasteiger partial charge is 0.344 e. The summed E-state index contributed by atoms with van der Waals surface area (Å²) in [4.78, 5) is 11.9. The zero-order chi connectivity index (χ0) is 13.8. The summed E-state index contributed by atoms with van der Waals surface area (Å²) in [7, 11) is 0. The maximum atomic E-state index is 13.4. The van der Waals surface area contributed by atoms with Gasteiger partial charge in [0.05, 0.1) is 11.1 Å². The van der Waals surface area contributed by atoms with Crippen LogP contribution in [0.1, 0.15) is 23.7 Å². The molecule has 100 valence electrons. The molecule has 0 bridgehead atoms. The third-order valence-corrected chi connectivity index (χ3v) is 3.77. The van der Waals surface area contributed by atoms with Crippen LogP contribution >= 0.6 is 23.2 Å². The van der Waals surface area contributed by atoms with Gasteiger partial charge in [-0.15, -0.1) is 23.2 Å². The first-order valence-corrected chi connectivity index (χ1v) is 6.44. The first kappa shape index (κ1) is 15.2. The van der Waals surface area contributed by atoms with Gasteiger partial charge in [0.15, 0.2) is 0 Å². The van der Waals surface area contributed by atoms with E-state index in [1.807, 2.05) is 6.92 Å². The van der Waals surface area contributed by atoms with Crippen molar-refractivity contribution in [3.05, 3.63) is 35.4 Å². The molecule has 1 amide bonds. The van der Waals surface area contributed by atoms with Gasteiger partial charge in [-0.1, -0.05) is 6.92 Å². The number of carbonyl (C=O) groups is 1. The highest BCUT2D eigenvalue weighted by atomic mass is 35.5. The number of alkyl halides is 2. The Kier molecular flexibility index (Phi) is 5.35. The Morgan fingerprint density at radius 3 is 2.39 bits per heavy atom. The van der Waals surface area contributed by atoms with Crippen LogP contribution in [-0.4, -0.2) is 23.2 Å². The lowest BCUT2D eigenvalue weighted by Crippen LogP contribution is -2.51. The van der Waals surface area contributed by atoms with E-state index < -0.39 is 23.1 Å². The minimum Gasteiger partial charge on any atom is -0.344 e. The Bertz CT molecular complexity index is 428. The molecule has 18 heavy (non-hydrogen) atoms. The van der Waals surface area contributed by atoms with Crippen LogP contribution in [-0.2, 0) is 0 Å². The van der Waals surface area contributed by atoms with E-state index in [0.29, 0.717) is 12.5 Å². The molecule has 0 aliphatic heterocycles. The van der Waals surface area contributed by atoms with E-state index >= 15 is 0 Å². The second-order valence-electron chi connectivity index (χ2n) is 3.98. The van der Waals surface area contributed by atoms with Crippen LogP contribution in [0.2, 0.25) is 0 Å². The van der Waals surface area contributed by atoms with Crippen molar-refractivity contribution < 1.29 is 13.6 Å². The van der Waals surface area contributed by atoms with Gasteiger partial charge in [-0.25, -0.2) is 8.78 Å². The Morgan fingerprint density at radius 1 is 1.33 bits per heavy atom. The van der Waals surface area contributed by atoms with E-state index in [0.717, 1.165) is 12.1 Å². The third kappa shape index (κ3) is 3.33. The van der Waals surface area contributed by atoms with E-state index in [-0.39, 0.29) is 17.3 Å². The number of halogens is 4. The summed E-state index contributed by atoms with van der Waals surface area (Å²) in [5, 5.41) is 2.59. The van der Waals surface area contributed by atoms with E-state index in [1.54, 1.807) is 0 Å². The Morgan fingerprint density at radius 2 is 1.94 bits per heavy atom. The van der Waals surface area contributed by atoms with Crippen LogP contribution in [0.25, 0.3) is 0 Å². The van der Waals surface area contributed by atoms with Crippen molar-refractivity contribution in [3.8, 4) is 0 Å². The summed E-state index contributed by atoms with van der Waals surface area (Å²) in [5.74, 6) is -2.08. The van der Waals surface area contributed by atoms with Gasteiger partial charge in [-0.2, -0.15) is 0 Å². The molecule has 0 spiro atoms. The van der Waals surface area contributed by atoms with E-state index in [2.05, 4.69) is 5.32 Å². The van der Waals surface area contributed by atoms with Crippen LogP contribution in [0.5, 0.6) is 0 Å². The summed E-state index contributed by atoms with van der Waals surface area (Å²) in [6.45, 7) is 1.81. The lowest BCUT2D eigenvalue weighted by atomic mass is 10.0. The first-order valence-electron chi connectivity index (χ1n) is 5.37. The van der Waals surface area contributed by atoms with Gasteiger partial charge in [0, 0.05) is 17.8 Å². The number of carbonyl (C=O) groups excluding carboxylic acids is 1. The molecule has 1 rings (SSSR count). The van der Waals surface area contributed by atoms with Crippen molar-refractivity contribution in [1.82, 2.24) is 5.32 Å². The molecule has 0 aliphatic rings.